The van der Waals surface area contributed by atoms with Gasteiger partial charge in [0, 0.05) is 30.9 Å². The fourth-order valence-electron chi connectivity index (χ4n) is 2.10. The van der Waals surface area contributed by atoms with Crippen molar-refractivity contribution in [3.8, 4) is 0 Å². The van der Waals surface area contributed by atoms with Crippen LogP contribution < -0.4 is 10.6 Å². The molecule has 0 saturated carbocycles. The molecule has 1 aromatic rings. The molecule has 1 saturated heterocycles. The fraction of sp³-hybridized carbons (Fsp3) is 0.429. The summed E-state index contributed by atoms with van der Waals surface area (Å²) in [4.78, 5) is 23.7. The van der Waals surface area contributed by atoms with Gasteiger partial charge in [-0.3, -0.25) is 14.9 Å². The van der Waals surface area contributed by atoms with E-state index in [1.54, 1.807) is 36.0 Å². The number of rotatable bonds is 4. The van der Waals surface area contributed by atoms with Gasteiger partial charge in [-0.2, -0.15) is 13.2 Å². The van der Waals surface area contributed by atoms with Crippen LogP contribution in [0.5, 0.6) is 0 Å². The van der Waals surface area contributed by atoms with Crippen molar-refractivity contribution >= 4 is 29.3 Å². The lowest BCUT2D eigenvalue weighted by Crippen LogP contribution is -2.38. The Morgan fingerprint density at radius 1 is 1.43 bits per heavy atom. The number of thioether (sulfide) groups is 1. The van der Waals surface area contributed by atoms with Crippen LogP contribution in [0.1, 0.15) is 5.56 Å². The highest BCUT2D eigenvalue weighted by molar-refractivity contribution is 7.99. The first-order valence-electron chi connectivity index (χ1n) is 6.80. The second-order valence-corrected chi connectivity index (χ2v) is 6.15. The Morgan fingerprint density at radius 2 is 2.17 bits per heavy atom. The van der Waals surface area contributed by atoms with E-state index in [4.69, 9.17) is 0 Å². The minimum Gasteiger partial charge on any atom is -0.334 e. The van der Waals surface area contributed by atoms with E-state index in [0.29, 0.717) is 27.8 Å². The van der Waals surface area contributed by atoms with Gasteiger partial charge in [0.05, 0.1) is 6.04 Å². The first kappa shape index (κ1) is 17.6. The molecule has 2 rings (SSSR count). The Labute approximate surface area is 135 Å². The summed E-state index contributed by atoms with van der Waals surface area (Å²) in [6.45, 7) is -0.195. The summed E-state index contributed by atoms with van der Waals surface area (Å²) in [6, 6.07) is 6.14. The highest BCUT2D eigenvalue weighted by Crippen LogP contribution is 2.20. The van der Waals surface area contributed by atoms with Crippen molar-refractivity contribution in [3.63, 3.8) is 0 Å². The van der Waals surface area contributed by atoms with E-state index in [9.17, 15) is 22.8 Å². The van der Waals surface area contributed by atoms with Crippen LogP contribution in [0.15, 0.2) is 24.3 Å². The van der Waals surface area contributed by atoms with Crippen LogP contribution in [-0.2, 0) is 16.1 Å². The maximum atomic E-state index is 12.4. The predicted molar refractivity (Wildman–Crippen MR) is 81.8 cm³/mol. The van der Waals surface area contributed by atoms with Crippen molar-refractivity contribution in [2.75, 3.05) is 24.0 Å². The molecule has 9 heteroatoms. The maximum Gasteiger partial charge on any atom is 0.471 e. The molecule has 1 fully saturated rings. The van der Waals surface area contributed by atoms with Crippen LogP contribution in [0, 0.1) is 0 Å². The summed E-state index contributed by atoms with van der Waals surface area (Å²) in [5.41, 5.74) is 0.982. The van der Waals surface area contributed by atoms with Crippen LogP contribution in [0.3, 0.4) is 0 Å². The number of hydrogen-bond acceptors (Lipinski definition) is 4. The minimum atomic E-state index is -4.90. The standard InChI is InChI=1S/C14H16F3N3O2S/c1-20(13(22)14(15,16)17)6-9-3-2-4-10(5-9)19-12(21)11-7-23-8-18-11/h2-5,11,18H,6-8H2,1H3,(H,19,21). The topological polar surface area (TPSA) is 61.4 Å². The molecule has 0 spiro atoms. The Kier molecular flexibility index (Phi) is 5.53. The molecule has 23 heavy (non-hydrogen) atoms. The lowest BCUT2D eigenvalue weighted by molar-refractivity contribution is -0.184. The van der Waals surface area contributed by atoms with Crippen molar-refractivity contribution in [2.24, 2.45) is 0 Å². The minimum absolute atomic E-state index is 0.188. The lowest BCUT2D eigenvalue weighted by atomic mass is 10.2. The highest BCUT2D eigenvalue weighted by atomic mass is 32.2. The molecule has 2 amide bonds. The number of carbonyl (C=O) groups excluding carboxylic acids is 2. The second kappa shape index (κ2) is 7.22. The summed E-state index contributed by atoms with van der Waals surface area (Å²) < 4.78 is 37.1. The predicted octanol–water partition coefficient (Wildman–Crippen LogP) is 1.81. The van der Waals surface area contributed by atoms with Crippen LogP contribution in [0.2, 0.25) is 0 Å². The van der Waals surface area contributed by atoms with Crippen molar-refractivity contribution in [3.05, 3.63) is 29.8 Å². The summed E-state index contributed by atoms with van der Waals surface area (Å²) in [5, 5.41) is 5.74. The van der Waals surface area contributed by atoms with Crippen molar-refractivity contribution in [1.29, 1.82) is 0 Å². The van der Waals surface area contributed by atoms with Crippen molar-refractivity contribution < 1.29 is 22.8 Å². The third-order valence-electron chi connectivity index (χ3n) is 3.24. The van der Waals surface area contributed by atoms with E-state index in [-0.39, 0.29) is 18.5 Å². The van der Waals surface area contributed by atoms with Crippen LogP contribution in [0.25, 0.3) is 0 Å². The van der Waals surface area contributed by atoms with Gasteiger partial charge in [0.25, 0.3) is 0 Å². The van der Waals surface area contributed by atoms with E-state index in [1.807, 2.05) is 0 Å². The number of halogens is 3. The summed E-state index contributed by atoms with van der Waals surface area (Å²) in [7, 11) is 1.08. The second-order valence-electron chi connectivity index (χ2n) is 5.12. The molecule has 0 aromatic heterocycles. The van der Waals surface area contributed by atoms with E-state index in [1.165, 1.54) is 0 Å². The average Bonchev–Trinajstić information content (AvgIpc) is 3.00. The number of amides is 2. The Bertz CT molecular complexity index is 589. The molecule has 1 unspecified atom stereocenters. The van der Waals surface area contributed by atoms with E-state index in [2.05, 4.69) is 10.6 Å². The normalized spacial score (nSPS) is 17.8. The van der Waals surface area contributed by atoms with Crippen LogP contribution >= 0.6 is 11.8 Å². The molecule has 1 heterocycles. The Balaban J connectivity index is 1.99. The van der Waals surface area contributed by atoms with E-state index >= 15 is 0 Å². The number of carbonyl (C=O) groups is 2. The van der Waals surface area contributed by atoms with Gasteiger partial charge in [0.1, 0.15) is 0 Å². The zero-order chi connectivity index (χ0) is 17.0. The summed E-state index contributed by atoms with van der Waals surface area (Å²) in [6.07, 6.45) is -4.90. The SMILES string of the molecule is CN(Cc1cccc(NC(=O)C2CSCN2)c1)C(=O)C(F)(F)F. The van der Waals surface area contributed by atoms with Gasteiger partial charge >= 0.3 is 12.1 Å². The molecule has 0 aliphatic carbocycles. The summed E-state index contributed by atoms with van der Waals surface area (Å²) in [5.74, 6) is -0.706. The first-order chi connectivity index (χ1) is 10.8. The van der Waals surface area contributed by atoms with Gasteiger partial charge in [-0.25, -0.2) is 0 Å². The highest BCUT2D eigenvalue weighted by Gasteiger charge is 2.41. The molecule has 1 aromatic carbocycles. The molecule has 1 aliphatic heterocycles. The third kappa shape index (κ3) is 4.87. The average molecular weight is 347 g/mol. The van der Waals surface area contributed by atoms with E-state index in [0.717, 1.165) is 7.05 Å². The third-order valence-corrected chi connectivity index (χ3v) is 4.18. The number of hydrogen-bond donors (Lipinski definition) is 2. The molecule has 1 aliphatic rings. The molecule has 0 radical (unpaired) electrons. The lowest BCUT2D eigenvalue weighted by Gasteiger charge is -2.19. The zero-order valence-corrected chi connectivity index (χ0v) is 13.1. The number of nitrogens with zero attached hydrogens (tertiary/aromatic N) is 1. The number of nitrogens with one attached hydrogen (secondary N) is 2. The van der Waals surface area contributed by atoms with Gasteiger partial charge in [-0.05, 0) is 17.7 Å². The molecule has 5 nitrogen and oxygen atoms in total. The van der Waals surface area contributed by atoms with Crippen molar-refractivity contribution in [1.82, 2.24) is 10.2 Å². The van der Waals surface area contributed by atoms with Gasteiger partial charge in [-0.1, -0.05) is 12.1 Å². The smallest absolute Gasteiger partial charge is 0.334 e. The maximum absolute atomic E-state index is 12.4. The monoisotopic (exact) mass is 347 g/mol. The quantitative estimate of drug-likeness (QED) is 0.872. The largest absolute Gasteiger partial charge is 0.471 e. The molecule has 2 N–H and O–H groups in total. The number of benzene rings is 1. The summed E-state index contributed by atoms with van der Waals surface area (Å²) >= 11 is 1.62. The Morgan fingerprint density at radius 3 is 2.78 bits per heavy atom. The number of anilines is 1. The first-order valence-corrected chi connectivity index (χ1v) is 7.96. The Hall–Kier alpha value is -1.74. The van der Waals surface area contributed by atoms with Gasteiger partial charge in [0.2, 0.25) is 5.91 Å². The van der Waals surface area contributed by atoms with E-state index < -0.39 is 12.1 Å². The van der Waals surface area contributed by atoms with Gasteiger partial charge in [0.15, 0.2) is 0 Å². The zero-order valence-electron chi connectivity index (χ0n) is 12.3. The molecular weight excluding hydrogens is 331 g/mol. The number of alkyl halides is 3. The van der Waals surface area contributed by atoms with Crippen molar-refractivity contribution in [2.45, 2.75) is 18.8 Å². The fourth-order valence-corrected chi connectivity index (χ4v) is 3.04. The molecule has 126 valence electrons. The van der Waals surface area contributed by atoms with Gasteiger partial charge < -0.3 is 10.2 Å². The molecule has 0 bridgehead atoms. The molecular formula is C14H16F3N3O2S. The van der Waals surface area contributed by atoms with Gasteiger partial charge in [-0.15, -0.1) is 11.8 Å². The van der Waals surface area contributed by atoms with Crippen LogP contribution in [-0.4, -0.2) is 47.6 Å². The molecule has 1 atom stereocenters. The van der Waals surface area contributed by atoms with Crippen LogP contribution in [0.4, 0.5) is 18.9 Å².